The van der Waals surface area contributed by atoms with Gasteiger partial charge in [0.15, 0.2) is 6.61 Å². The summed E-state index contributed by atoms with van der Waals surface area (Å²) in [7, 11) is 0. The Labute approximate surface area is 134 Å². The molecule has 116 valence electrons. The van der Waals surface area contributed by atoms with Crippen LogP contribution in [0.25, 0.3) is 0 Å². The molecule has 0 fully saturated rings. The minimum Gasteiger partial charge on any atom is -0.455 e. The zero-order valence-corrected chi connectivity index (χ0v) is 13.5. The number of nitrogens with one attached hydrogen (secondary N) is 1. The maximum Gasteiger partial charge on any atom is 0.310 e. The number of amides is 1. The van der Waals surface area contributed by atoms with Gasteiger partial charge in [0.05, 0.1) is 6.42 Å². The molecule has 0 aliphatic rings. The first kappa shape index (κ1) is 16.2. The molecule has 0 aliphatic heterocycles. The van der Waals surface area contributed by atoms with Crippen LogP contribution in [-0.2, 0) is 20.7 Å². The van der Waals surface area contributed by atoms with Gasteiger partial charge in [-0.1, -0.05) is 26.0 Å². The van der Waals surface area contributed by atoms with E-state index in [2.05, 4.69) is 19.2 Å². The predicted molar refractivity (Wildman–Crippen MR) is 88.1 cm³/mol. The lowest BCUT2D eigenvalue weighted by molar-refractivity contribution is -0.146. The molecule has 0 saturated carbocycles. The normalized spacial score (nSPS) is 10.5. The molecule has 2 aromatic rings. The summed E-state index contributed by atoms with van der Waals surface area (Å²) >= 11 is 1.52. The van der Waals surface area contributed by atoms with Gasteiger partial charge in [0.25, 0.3) is 5.91 Å². The molecule has 22 heavy (non-hydrogen) atoms. The fourth-order valence-corrected chi connectivity index (χ4v) is 2.57. The number of carbonyl (C=O) groups excluding carboxylic acids is 2. The van der Waals surface area contributed by atoms with Crippen LogP contribution < -0.4 is 5.32 Å². The Morgan fingerprint density at radius 3 is 2.50 bits per heavy atom. The quantitative estimate of drug-likeness (QED) is 0.828. The number of ether oxygens (including phenoxy) is 1. The van der Waals surface area contributed by atoms with Crippen molar-refractivity contribution in [3.63, 3.8) is 0 Å². The van der Waals surface area contributed by atoms with E-state index in [-0.39, 0.29) is 18.9 Å². The number of benzene rings is 1. The zero-order chi connectivity index (χ0) is 15.9. The highest BCUT2D eigenvalue weighted by molar-refractivity contribution is 7.07. The smallest absolute Gasteiger partial charge is 0.310 e. The van der Waals surface area contributed by atoms with E-state index in [0.29, 0.717) is 11.6 Å². The van der Waals surface area contributed by atoms with Crippen LogP contribution in [0.3, 0.4) is 0 Å². The van der Waals surface area contributed by atoms with Crippen LogP contribution in [0.15, 0.2) is 41.1 Å². The topological polar surface area (TPSA) is 55.4 Å². The molecule has 0 bridgehead atoms. The average Bonchev–Trinajstić information content (AvgIpc) is 2.98. The molecule has 0 aliphatic carbocycles. The predicted octanol–water partition coefficient (Wildman–Crippen LogP) is 3.60. The van der Waals surface area contributed by atoms with E-state index in [1.54, 1.807) is 0 Å². The molecular weight excluding hydrogens is 298 g/mol. The molecule has 0 spiro atoms. The summed E-state index contributed by atoms with van der Waals surface area (Å²) in [4.78, 5) is 23.3. The van der Waals surface area contributed by atoms with Crippen LogP contribution in [0.4, 0.5) is 5.69 Å². The van der Waals surface area contributed by atoms with Gasteiger partial charge in [-0.2, -0.15) is 11.3 Å². The van der Waals surface area contributed by atoms with Gasteiger partial charge in [-0.25, -0.2) is 0 Å². The number of anilines is 1. The summed E-state index contributed by atoms with van der Waals surface area (Å²) in [6.45, 7) is 3.95. The van der Waals surface area contributed by atoms with Crippen molar-refractivity contribution in [3.8, 4) is 0 Å². The summed E-state index contributed by atoms with van der Waals surface area (Å²) in [5, 5.41) is 6.49. The van der Waals surface area contributed by atoms with E-state index in [1.165, 1.54) is 16.9 Å². The second-order valence-corrected chi connectivity index (χ2v) is 6.07. The Kier molecular flexibility index (Phi) is 5.72. The van der Waals surface area contributed by atoms with Crippen LogP contribution in [0.5, 0.6) is 0 Å². The summed E-state index contributed by atoms with van der Waals surface area (Å²) in [6, 6.07) is 9.51. The van der Waals surface area contributed by atoms with Crippen LogP contribution in [0.2, 0.25) is 0 Å². The third-order valence-corrected chi connectivity index (χ3v) is 3.89. The van der Waals surface area contributed by atoms with Crippen molar-refractivity contribution in [3.05, 3.63) is 52.2 Å². The Balaban J connectivity index is 1.76. The SMILES string of the molecule is CC(C)c1ccc(NC(=O)COC(=O)Cc2ccsc2)cc1. The number of hydrogen-bond donors (Lipinski definition) is 1. The van der Waals surface area contributed by atoms with Crippen molar-refractivity contribution >= 4 is 28.9 Å². The van der Waals surface area contributed by atoms with Gasteiger partial charge < -0.3 is 10.1 Å². The molecule has 1 amide bonds. The maximum atomic E-state index is 11.8. The summed E-state index contributed by atoms with van der Waals surface area (Å²) in [5.41, 5.74) is 2.81. The molecule has 5 heteroatoms. The first-order valence-electron chi connectivity index (χ1n) is 7.11. The maximum absolute atomic E-state index is 11.8. The van der Waals surface area contributed by atoms with Crippen molar-refractivity contribution < 1.29 is 14.3 Å². The van der Waals surface area contributed by atoms with Crippen molar-refractivity contribution in [1.82, 2.24) is 0 Å². The second kappa shape index (κ2) is 7.75. The Bertz CT molecular complexity index is 618. The highest BCUT2D eigenvalue weighted by Crippen LogP contribution is 2.17. The van der Waals surface area contributed by atoms with Crippen molar-refractivity contribution in [1.29, 1.82) is 0 Å². The van der Waals surface area contributed by atoms with E-state index in [4.69, 9.17) is 4.74 Å². The third kappa shape index (κ3) is 5.00. The Morgan fingerprint density at radius 2 is 1.91 bits per heavy atom. The molecule has 4 nitrogen and oxygen atoms in total. The van der Waals surface area contributed by atoms with E-state index >= 15 is 0 Å². The number of esters is 1. The number of hydrogen-bond acceptors (Lipinski definition) is 4. The standard InChI is InChI=1S/C17H19NO3S/c1-12(2)14-3-5-15(6-4-14)18-16(19)10-21-17(20)9-13-7-8-22-11-13/h3-8,11-12H,9-10H2,1-2H3,(H,18,19). The van der Waals surface area contributed by atoms with Gasteiger partial charge in [0, 0.05) is 5.69 Å². The van der Waals surface area contributed by atoms with Crippen LogP contribution >= 0.6 is 11.3 Å². The van der Waals surface area contributed by atoms with Gasteiger partial charge in [-0.3, -0.25) is 9.59 Å². The fraction of sp³-hybridized carbons (Fsp3) is 0.294. The van der Waals surface area contributed by atoms with Gasteiger partial charge in [-0.15, -0.1) is 0 Å². The van der Waals surface area contributed by atoms with Crippen LogP contribution in [0.1, 0.15) is 30.9 Å². The molecular formula is C17H19NO3S. The van der Waals surface area contributed by atoms with E-state index in [1.807, 2.05) is 41.1 Å². The highest BCUT2D eigenvalue weighted by atomic mass is 32.1. The van der Waals surface area contributed by atoms with Gasteiger partial charge in [-0.05, 0) is 46.0 Å². The Hall–Kier alpha value is -2.14. The number of carbonyl (C=O) groups is 2. The molecule has 1 aromatic carbocycles. The highest BCUT2D eigenvalue weighted by Gasteiger charge is 2.09. The summed E-state index contributed by atoms with van der Waals surface area (Å²) in [5.74, 6) is -0.289. The number of rotatable bonds is 6. The van der Waals surface area contributed by atoms with Crippen LogP contribution in [-0.4, -0.2) is 18.5 Å². The summed E-state index contributed by atoms with van der Waals surface area (Å²) < 4.78 is 4.96. The molecule has 1 aromatic heterocycles. The number of thiophene rings is 1. The zero-order valence-electron chi connectivity index (χ0n) is 12.7. The van der Waals surface area contributed by atoms with Gasteiger partial charge in [0.1, 0.15) is 0 Å². The third-order valence-electron chi connectivity index (χ3n) is 3.15. The van der Waals surface area contributed by atoms with Crippen molar-refractivity contribution in [2.45, 2.75) is 26.2 Å². The lowest BCUT2D eigenvalue weighted by Gasteiger charge is -2.09. The largest absolute Gasteiger partial charge is 0.455 e. The first-order valence-corrected chi connectivity index (χ1v) is 8.05. The summed E-state index contributed by atoms with van der Waals surface area (Å²) in [6.07, 6.45) is 0.194. The first-order chi connectivity index (χ1) is 10.5. The molecule has 1 N–H and O–H groups in total. The monoisotopic (exact) mass is 317 g/mol. The second-order valence-electron chi connectivity index (χ2n) is 5.29. The van der Waals surface area contributed by atoms with Gasteiger partial charge >= 0.3 is 5.97 Å². The minimum absolute atomic E-state index is 0.194. The van der Waals surface area contributed by atoms with Crippen molar-refractivity contribution in [2.24, 2.45) is 0 Å². The lowest BCUT2D eigenvalue weighted by atomic mass is 10.0. The minimum atomic E-state index is -0.399. The lowest BCUT2D eigenvalue weighted by Crippen LogP contribution is -2.21. The fourth-order valence-electron chi connectivity index (χ4n) is 1.91. The average molecular weight is 317 g/mol. The van der Waals surface area contributed by atoms with E-state index in [9.17, 15) is 9.59 Å². The Morgan fingerprint density at radius 1 is 1.18 bits per heavy atom. The molecule has 2 rings (SSSR count). The molecule has 0 atom stereocenters. The molecule has 0 radical (unpaired) electrons. The van der Waals surface area contributed by atoms with Crippen LogP contribution in [0, 0.1) is 0 Å². The van der Waals surface area contributed by atoms with Gasteiger partial charge in [0.2, 0.25) is 0 Å². The van der Waals surface area contributed by atoms with Crippen molar-refractivity contribution in [2.75, 3.05) is 11.9 Å². The molecule has 0 unspecified atom stereocenters. The molecule has 0 saturated heterocycles. The van der Waals surface area contributed by atoms with E-state index < -0.39 is 5.97 Å². The van der Waals surface area contributed by atoms with E-state index in [0.717, 1.165) is 5.56 Å². The molecule has 1 heterocycles.